The van der Waals surface area contributed by atoms with E-state index in [4.69, 9.17) is 10.7 Å². The van der Waals surface area contributed by atoms with Crippen molar-refractivity contribution in [2.45, 2.75) is 37.3 Å². The zero-order chi connectivity index (χ0) is 13.9. The fourth-order valence-electron chi connectivity index (χ4n) is 2.22. The number of nitrogens with zero attached hydrogens (tertiary/aromatic N) is 1. The summed E-state index contributed by atoms with van der Waals surface area (Å²) in [5, 5.41) is 0.909. The van der Waals surface area contributed by atoms with Crippen molar-refractivity contribution in [2.24, 2.45) is 5.73 Å². The van der Waals surface area contributed by atoms with E-state index >= 15 is 0 Å². The van der Waals surface area contributed by atoms with Gasteiger partial charge in [-0.1, -0.05) is 6.07 Å². The maximum absolute atomic E-state index is 11.2. The molecule has 0 saturated heterocycles. The van der Waals surface area contributed by atoms with Crippen molar-refractivity contribution >= 4 is 21.6 Å². The Balaban J connectivity index is 2.14. The predicted octanol–water partition coefficient (Wildman–Crippen LogP) is 1.56. The minimum absolute atomic E-state index is 0.181. The summed E-state index contributed by atoms with van der Waals surface area (Å²) in [5.41, 5.74) is 9.30. The van der Waals surface area contributed by atoms with Crippen molar-refractivity contribution in [3.63, 3.8) is 0 Å². The van der Waals surface area contributed by atoms with Crippen LogP contribution in [0.3, 0.4) is 0 Å². The summed E-state index contributed by atoms with van der Waals surface area (Å²) in [4.78, 5) is 4.69. The molecule has 1 heterocycles. The number of hydrogen-bond donors (Lipinski definition) is 1. The molecule has 1 aliphatic carbocycles. The molecule has 1 aromatic heterocycles. The summed E-state index contributed by atoms with van der Waals surface area (Å²) in [7, 11) is -2.91. The molecule has 0 bridgehead atoms. The van der Waals surface area contributed by atoms with Crippen LogP contribution in [0.4, 0.5) is 0 Å². The molecule has 6 heteroatoms. The lowest BCUT2D eigenvalue weighted by molar-refractivity contribution is 0.603. The highest BCUT2D eigenvalue weighted by molar-refractivity contribution is 8.00. The number of thioether (sulfide) groups is 1. The molecule has 2 rings (SSSR count). The van der Waals surface area contributed by atoms with Crippen LogP contribution in [0.1, 0.15) is 29.7 Å². The molecule has 4 nitrogen and oxygen atoms in total. The van der Waals surface area contributed by atoms with Gasteiger partial charge in [-0.3, -0.25) is 0 Å². The van der Waals surface area contributed by atoms with Crippen LogP contribution in [-0.4, -0.2) is 31.2 Å². The van der Waals surface area contributed by atoms with Crippen LogP contribution in [0.2, 0.25) is 0 Å². The zero-order valence-electron chi connectivity index (χ0n) is 11.2. The van der Waals surface area contributed by atoms with Gasteiger partial charge in [-0.25, -0.2) is 13.4 Å². The number of nitrogens with two attached hydrogens (primary N) is 1. The normalized spacial score (nSPS) is 15.3. The van der Waals surface area contributed by atoms with Crippen molar-refractivity contribution in [3.05, 3.63) is 22.9 Å². The Morgan fingerprint density at radius 2 is 2.11 bits per heavy atom. The topological polar surface area (TPSA) is 73.0 Å². The molecule has 2 N–H and O–H groups in total. The second kappa shape index (κ2) is 6.24. The van der Waals surface area contributed by atoms with Gasteiger partial charge in [0.2, 0.25) is 0 Å². The van der Waals surface area contributed by atoms with Crippen LogP contribution in [0.5, 0.6) is 0 Å². The number of aromatic nitrogens is 1. The Kier molecular flexibility index (Phi) is 4.86. The minimum Gasteiger partial charge on any atom is -0.326 e. The van der Waals surface area contributed by atoms with Gasteiger partial charge < -0.3 is 5.73 Å². The van der Waals surface area contributed by atoms with Crippen LogP contribution in [0.15, 0.2) is 11.1 Å². The summed E-state index contributed by atoms with van der Waals surface area (Å²) >= 11 is 1.50. The molecule has 0 radical (unpaired) electrons. The standard InChI is InChI=1S/C13H20N2O2S2/c1-19(16,17)7-6-18-13-11(9-14)8-10-4-2-3-5-12(10)15-13/h8H,2-7,9,14H2,1H3. The van der Waals surface area contributed by atoms with Gasteiger partial charge in [0.05, 0.1) is 5.75 Å². The molecular formula is C13H20N2O2S2. The summed E-state index contributed by atoms with van der Waals surface area (Å²) in [5.74, 6) is 0.720. The van der Waals surface area contributed by atoms with Gasteiger partial charge in [0, 0.05) is 24.2 Å². The van der Waals surface area contributed by atoms with Gasteiger partial charge in [-0.2, -0.15) is 0 Å². The first kappa shape index (κ1) is 14.8. The van der Waals surface area contributed by atoms with Crippen LogP contribution >= 0.6 is 11.8 Å². The summed E-state index contributed by atoms with van der Waals surface area (Å²) in [6, 6.07) is 2.16. The quantitative estimate of drug-likeness (QED) is 0.835. The van der Waals surface area contributed by atoms with Crippen LogP contribution in [0.25, 0.3) is 0 Å². The fraction of sp³-hybridized carbons (Fsp3) is 0.615. The molecule has 0 aromatic carbocycles. The van der Waals surface area contributed by atoms with Crippen molar-refractivity contribution < 1.29 is 8.42 Å². The SMILES string of the molecule is CS(=O)(=O)CCSc1nc2c(cc1CN)CCCC2. The predicted molar refractivity (Wildman–Crippen MR) is 79.2 cm³/mol. The number of aryl methyl sites for hydroxylation is 2. The van der Waals surface area contributed by atoms with Gasteiger partial charge in [0.15, 0.2) is 0 Å². The third-order valence-electron chi connectivity index (χ3n) is 3.25. The maximum atomic E-state index is 11.2. The average Bonchev–Trinajstić information content (AvgIpc) is 2.36. The molecule has 0 amide bonds. The lowest BCUT2D eigenvalue weighted by Crippen LogP contribution is -2.11. The van der Waals surface area contributed by atoms with E-state index in [1.807, 2.05) is 0 Å². The van der Waals surface area contributed by atoms with Crippen molar-refractivity contribution in [1.29, 1.82) is 0 Å². The molecule has 0 aliphatic heterocycles. The summed E-state index contributed by atoms with van der Waals surface area (Å²) in [6.45, 7) is 0.460. The Morgan fingerprint density at radius 1 is 1.37 bits per heavy atom. The highest BCUT2D eigenvalue weighted by Gasteiger charge is 2.15. The highest BCUT2D eigenvalue weighted by atomic mass is 32.2. The first-order valence-corrected chi connectivity index (χ1v) is 9.56. The lowest BCUT2D eigenvalue weighted by Gasteiger charge is -2.18. The van der Waals surface area contributed by atoms with Crippen LogP contribution < -0.4 is 5.73 Å². The largest absolute Gasteiger partial charge is 0.326 e. The van der Waals surface area contributed by atoms with Gasteiger partial charge in [-0.05, 0) is 36.8 Å². The van der Waals surface area contributed by atoms with Crippen molar-refractivity contribution in [3.8, 4) is 0 Å². The molecular weight excluding hydrogens is 280 g/mol. The Hall–Kier alpha value is -0.590. The number of sulfone groups is 1. The summed E-state index contributed by atoms with van der Waals surface area (Å²) < 4.78 is 22.3. The fourth-order valence-corrected chi connectivity index (χ4v) is 4.46. The minimum atomic E-state index is -2.91. The molecule has 0 spiro atoms. The first-order chi connectivity index (χ1) is 8.99. The molecule has 1 aliphatic rings. The third kappa shape index (κ3) is 4.19. The monoisotopic (exact) mass is 300 g/mol. The van der Waals surface area contributed by atoms with Gasteiger partial charge >= 0.3 is 0 Å². The second-order valence-electron chi connectivity index (χ2n) is 4.95. The third-order valence-corrected chi connectivity index (χ3v) is 5.49. The highest BCUT2D eigenvalue weighted by Crippen LogP contribution is 2.27. The second-order valence-corrected chi connectivity index (χ2v) is 8.29. The van der Waals surface area contributed by atoms with Crippen LogP contribution in [0, 0.1) is 0 Å². The number of fused-ring (bicyclic) bond motifs is 1. The van der Waals surface area contributed by atoms with Crippen LogP contribution in [-0.2, 0) is 29.2 Å². The maximum Gasteiger partial charge on any atom is 0.148 e. The zero-order valence-corrected chi connectivity index (χ0v) is 12.8. The van der Waals surface area contributed by atoms with E-state index in [1.54, 1.807) is 0 Å². The number of rotatable bonds is 5. The van der Waals surface area contributed by atoms with E-state index in [0.717, 1.165) is 23.4 Å². The van der Waals surface area contributed by atoms with E-state index in [2.05, 4.69) is 6.07 Å². The summed E-state index contributed by atoms with van der Waals surface area (Å²) in [6.07, 6.45) is 5.79. The Bertz CT molecular complexity index is 556. The van der Waals surface area contributed by atoms with Gasteiger partial charge in [0.25, 0.3) is 0 Å². The lowest BCUT2D eigenvalue weighted by atomic mass is 9.95. The Labute approximate surface area is 119 Å². The molecule has 19 heavy (non-hydrogen) atoms. The molecule has 0 saturated carbocycles. The smallest absolute Gasteiger partial charge is 0.148 e. The molecule has 0 unspecified atom stereocenters. The van der Waals surface area contributed by atoms with E-state index < -0.39 is 9.84 Å². The van der Waals surface area contributed by atoms with E-state index in [0.29, 0.717) is 12.3 Å². The number of hydrogen-bond acceptors (Lipinski definition) is 5. The van der Waals surface area contributed by atoms with E-state index in [9.17, 15) is 8.42 Å². The molecule has 0 atom stereocenters. The average molecular weight is 300 g/mol. The molecule has 106 valence electrons. The van der Waals surface area contributed by atoms with Gasteiger partial charge in [0.1, 0.15) is 14.9 Å². The molecule has 1 aromatic rings. The number of pyridine rings is 1. The van der Waals surface area contributed by atoms with Crippen molar-refractivity contribution in [2.75, 3.05) is 17.8 Å². The van der Waals surface area contributed by atoms with Gasteiger partial charge in [-0.15, -0.1) is 11.8 Å². The Morgan fingerprint density at radius 3 is 2.79 bits per heavy atom. The molecule has 0 fully saturated rings. The first-order valence-electron chi connectivity index (χ1n) is 6.52. The van der Waals surface area contributed by atoms with Crippen molar-refractivity contribution in [1.82, 2.24) is 4.98 Å². The van der Waals surface area contributed by atoms with E-state index in [-0.39, 0.29) is 5.75 Å². The van der Waals surface area contributed by atoms with E-state index in [1.165, 1.54) is 42.1 Å².